The zero-order valence-electron chi connectivity index (χ0n) is 15.8. The maximum atomic E-state index is 11.0. The highest BCUT2D eigenvalue weighted by Crippen LogP contribution is 2.29. The van der Waals surface area contributed by atoms with Crippen molar-refractivity contribution < 1.29 is 14.6 Å². The highest BCUT2D eigenvalue weighted by atomic mass is 16.5. The maximum Gasteiger partial charge on any atom is 0.307 e. The molecular formula is C24H21NO3. The molecule has 4 rings (SSSR count). The summed E-state index contributed by atoms with van der Waals surface area (Å²) < 4.78 is 6.14. The molecule has 4 heteroatoms. The summed E-state index contributed by atoms with van der Waals surface area (Å²) in [6, 6.07) is 21.8. The second-order valence-electron chi connectivity index (χ2n) is 6.99. The first-order valence-electron chi connectivity index (χ1n) is 9.27. The van der Waals surface area contributed by atoms with E-state index in [9.17, 15) is 4.79 Å². The van der Waals surface area contributed by atoms with E-state index in [0.717, 1.165) is 44.2 Å². The fourth-order valence-corrected chi connectivity index (χ4v) is 3.51. The molecule has 1 heterocycles. The first kappa shape index (κ1) is 18.0. The number of nitrogens with zero attached hydrogens (tertiary/aromatic N) is 1. The number of aromatic nitrogens is 1. The SMILES string of the molecule is Cc1c(CC(=O)O)ccc2cc(OC(C)c3ccc4ccccc4n3)ccc12. The van der Waals surface area contributed by atoms with Gasteiger partial charge in [0.2, 0.25) is 0 Å². The van der Waals surface area contributed by atoms with Crippen LogP contribution < -0.4 is 4.74 Å². The third-order valence-electron chi connectivity index (χ3n) is 5.06. The number of carboxylic acid groups (broad SMARTS) is 1. The Hall–Kier alpha value is -3.40. The first-order valence-corrected chi connectivity index (χ1v) is 9.27. The van der Waals surface area contributed by atoms with Gasteiger partial charge in [0.1, 0.15) is 11.9 Å². The number of para-hydroxylation sites is 1. The standard InChI is InChI=1S/C24H21NO3/c1-15-18(14-24(26)27)7-8-19-13-20(10-11-21(15)19)28-16(2)22-12-9-17-5-3-4-6-23(17)25-22/h3-13,16H,14H2,1-2H3,(H,26,27). The number of hydrogen-bond acceptors (Lipinski definition) is 3. The van der Waals surface area contributed by atoms with Crippen LogP contribution in [0.3, 0.4) is 0 Å². The van der Waals surface area contributed by atoms with Crippen molar-refractivity contribution in [2.45, 2.75) is 26.4 Å². The fourth-order valence-electron chi connectivity index (χ4n) is 3.51. The Morgan fingerprint density at radius 2 is 1.82 bits per heavy atom. The quantitative estimate of drug-likeness (QED) is 0.506. The Kier molecular flexibility index (Phi) is 4.70. The Morgan fingerprint density at radius 1 is 1.04 bits per heavy atom. The van der Waals surface area contributed by atoms with Crippen LogP contribution in [-0.4, -0.2) is 16.1 Å². The van der Waals surface area contributed by atoms with Crippen LogP contribution in [0.2, 0.25) is 0 Å². The topological polar surface area (TPSA) is 59.4 Å². The second-order valence-corrected chi connectivity index (χ2v) is 6.99. The minimum Gasteiger partial charge on any atom is -0.484 e. The van der Waals surface area contributed by atoms with Gasteiger partial charge in [0.05, 0.1) is 17.6 Å². The van der Waals surface area contributed by atoms with Gasteiger partial charge in [-0.2, -0.15) is 0 Å². The van der Waals surface area contributed by atoms with E-state index < -0.39 is 5.97 Å². The van der Waals surface area contributed by atoms with Crippen molar-refractivity contribution in [2.24, 2.45) is 0 Å². The summed E-state index contributed by atoms with van der Waals surface area (Å²) in [4.78, 5) is 15.7. The molecule has 0 amide bonds. The number of fused-ring (bicyclic) bond motifs is 2. The van der Waals surface area contributed by atoms with Gasteiger partial charge in [0.15, 0.2) is 0 Å². The smallest absolute Gasteiger partial charge is 0.307 e. The van der Waals surface area contributed by atoms with E-state index in [-0.39, 0.29) is 12.5 Å². The zero-order chi connectivity index (χ0) is 19.7. The molecule has 1 unspecified atom stereocenters. The Bertz CT molecular complexity index is 1180. The largest absolute Gasteiger partial charge is 0.484 e. The lowest BCUT2D eigenvalue weighted by Gasteiger charge is -2.16. The van der Waals surface area contributed by atoms with E-state index in [1.54, 1.807) is 0 Å². The minimum atomic E-state index is -0.820. The zero-order valence-corrected chi connectivity index (χ0v) is 15.8. The second kappa shape index (κ2) is 7.31. The fraction of sp³-hybridized carbons (Fsp3) is 0.167. The number of pyridine rings is 1. The average molecular weight is 371 g/mol. The molecule has 0 fully saturated rings. The molecule has 0 spiro atoms. The van der Waals surface area contributed by atoms with Gasteiger partial charge in [0.25, 0.3) is 0 Å². The molecule has 1 aromatic heterocycles. The van der Waals surface area contributed by atoms with Gasteiger partial charge in [-0.15, -0.1) is 0 Å². The molecule has 0 radical (unpaired) electrons. The van der Waals surface area contributed by atoms with Crippen LogP contribution in [0.15, 0.2) is 66.7 Å². The molecule has 0 saturated heterocycles. The maximum absolute atomic E-state index is 11.0. The number of hydrogen-bond donors (Lipinski definition) is 1. The van der Waals surface area contributed by atoms with E-state index >= 15 is 0 Å². The van der Waals surface area contributed by atoms with Crippen LogP contribution in [-0.2, 0) is 11.2 Å². The Balaban J connectivity index is 1.60. The summed E-state index contributed by atoms with van der Waals surface area (Å²) in [6.07, 6.45) is -0.153. The number of rotatable bonds is 5. The summed E-state index contributed by atoms with van der Waals surface area (Å²) in [5, 5.41) is 12.2. The summed E-state index contributed by atoms with van der Waals surface area (Å²) in [6.45, 7) is 3.95. The number of carbonyl (C=O) groups is 1. The molecule has 0 aliphatic carbocycles. The van der Waals surface area contributed by atoms with Crippen LogP contribution in [0.4, 0.5) is 0 Å². The van der Waals surface area contributed by atoms with Crippen LogP contribution in [0, 0.1) is 6.92 Å². The first-order chi connectivity index (χ1) is 13.5. The molecule has 140 valence electrons. The van der Waals surface area contributed by atoms with Crippen molar-refractivity contribution >= 4 is 27.6 Å². The van der Waals surface area contributed by atoms with Crippen molar-refractivity contribution in [3.63, 3.8) is 0 Å². The molecule has 3 aromatic carbocycles. The minimum absolute atomic E-state index is 0.0324. The van der Waals surface area contributed by atoms with Crippen LogP contribution >= 0.6 is 0 Å². The third kappa shape index (κ3) is 3.54. The van der Waals surface area contributed by atoms with Crippen LogP contribution in [0.1, 0.15) is 29.8 Å². The summed E-state index contributed by atoms with van der Waals surface area (Å²) >= 11 is 0. The van der Waals surface area contributed by atoms with E-state index in [1.807, 2.05) is 74.5 Å². The van der Waals surface area contributed by atoms with E-state index in [2.05, 4.69) is 6.07 Å². The number of aliphatic carboxylic acids is 1. The Morgan fingerprint density at radius 3 is 2.64 bits per heavy atom. The lowest BCUT2D eigenvalue weighted by Crippen LogP contribution is -2.05. The van der Waals surface area contributed by atoms with Crippen molar-refractivity contribution in [2.75, 3.05) is 0 Å². The molecule has 0 saturated carbocycles. The summed E-state index contributed by atoms with van der Waals surface area (Å²) in [5.41, 5.74) is 3.67. The molecule has 4 nitrogen and oxygen atoms in total. The molecule has 4 aromatic rings. The number of carboxylic acids is 1. The van der Waals surface area contributed by atoms with Crippen molar-refractivity contribution in [3.8, 4) is 5.75 Å². The Labute approximate surface area is 163 Å². The highest BCUT2D eigenvalue weighted by Gasteiger charge is 2.12. The molecule has 0 aliphatic heterocycles. The van der Waals surface area contributed by atoms with Crippen molar-refractivity contribution in [1.82, 2.24) is 4.98 Å². The molecule has 28 heavy (non-hydrogen) atoms. The molecule has 0 bridgehead atoms. The summed E-state index contributed by atoms with van der Waals surface area (Å²) in [7, 11) is 0. The molecular weight excluding hydrogens is 350 g/mol. The van der Waals surface area contributed by atoms with Gasteiger partial charge in [-0.1, -0.05) is 42.5 Å². The van der Waals surface area contributed by atoms with Gasteiger partial charge in [-0.3, -0.25) is 4.79 Å². The van der Waals surface area contributed by atoms with Gasteiger partial charge >= 0.3 is 5.97 Å². The average Bonchev–Trinajstić information content (AvgIpc) is 2.69. The molecule has 1 atom stereocenters. The lowest BCUT2D eigenvalue weighted by molar-refractivity contribution is -0.136. The lowest BCUT2D eigenvalue weighted by atomic mass is 9.98. The van der Waals surface area contributed by atoms with Crippen LogP contribution in [0.25, 0.3) is 21.7 Å². The van der Waals surface area contributed by atoms with Crippen molar-refractivity contribution in [3.05, 3.63) is 83.6 Å². The predicted molar refractivity (Wildman–Crippen MR) is 111 cm³/mol. The monoisotopic (exact) mass is 371 g/mol. The van der Waals surface area contributed by atoms with E-state index in [1.165, 1.54) is 0 Å². The van der Waals surface area contributed by atoms with Crippen molar-refractivity contribution in [1.29, 1.82) is 0 Å². The number of benzene rings is 3. The molecule has 1 N–H and O–H groups in total. The third-order valence-corrected chi connectivity index (χ3v) is 5.06. The number of aryl methyl sites for hydroxylation is 1. The van der Waals surface area contributed by atoms with Gasteiger partial charge < -0.3 is 9.84 Å². The van der Waals surface area contributed by atoms with E-state index in [4.69, 9.17) is 14.8 Å². The predicted octanol–water partition coefficient (Wildman–Crippen LogP) is 5.46. The molecule has 0 aliphatic rings. The summed E-state index contributed by atoms with van der Waals surface area (Å²) in [5.74, 6) is -0.0561. The van der Waals surface area contributed by atoms with Gasteiger partial charge in [-0.05, 0) is 60.0 Å². The number of ether oxygens (including phenoxy) is 1. The van der Waals surface area contributed by atoms with Crippen LogP contribution in [0.5, 0.6) is 5.75 Å². The van der Waals surface area contributed by atoms with E-state index in [0.29, 0.717) is 0 Å². The highest BCUT2D eigenvalue weighted by molar-refractivity contribution is 5.89. The normalized spacial score (nSPS) is 12.2. The van der Waals surface area contributed by atoms with Gasteiger partial charge in [0, 0.05) is 5.39 Å². The van der Waals surface area contributed by atoms with Gasteiger partial charge in [-0.25, -0.2) is 4.98 Å².